The molecule has 0 aliphatic carbocycles. The van der Waals surface area contributed by atoms with E-state index in [2.05, 4.69) is 33.1 Å². The van der Waals surface area contributed by atoms with Gasteiger partial charge in [-0.3, -0.25) is 4.90 Å². The Morgan fingerprint density at radius 1 is 1.33 bits per heavy atom. The molecule has 3 aliphatic heterocycles. The van der Waals surface area contributed by atoms with E-state index >= 15 is 0 Å². The van der Waals surface area contributed by atoms with Gasteiger partial charge in [-0.25, -0.2) is 4.79 Å². The number of nitrogens with zero attached hydrogens (tertiary/aromatic N) is 2. The number of hydrogen-bond acceptors (Lipinski definition) is 7. The predicted molar refractivity (Wildman–Crippen MR) is 112 cm³/mol. The number of benzene rings is 1. The van der Waals surface area contributed by atoms with Gasteiger partial charge in [-0.2, -0.15) is 0 Å². The van der Waals surface area contributed by atoms with Gasteiger partial charge in [0.05, 0.1) is 37.6 Å². The summed E-state index contributed by atoms with van der Waals surface area (Å²) in [6, 6.07) is 6.75. The molecule has 0 spiro atoms. The topological polar surface area (TPSA) is 95.5 Å². The van der Waals surface area contributed by atoms with Crippen molar-refractivity contribution < 1.29 is 24.1 Å². The lowest BCUT2D eigenvalue weighted by Crippen LogP contribution is -2.67. The minimum Gasteiger partial charge on any atom is -0.495 e. The highest BCUT2D eigenvalue weighted by Gasteiger charge is 2.52. The van der Waals surface area contributed by atoms with Gasteiger partial charge in [-0.15, -0.1) is 6.58 Å². The first kappa shape index (κ1) is 20.9. The predicted octanol–water partition coefficient (Wildman–Crippen LogP) is 0.156. The summed E-state index contributed by atoms with van der Waals surface area (Å²) in [7, 11) is 1.68. The standard InChI is InChI=1S/C21H30N4O5/c1-3-8-22-21(27)23-17-16-13-29-20(30-16)18(19(17)26)25-11-9-24(10-12-25)14-6-4-5-7-15(14)28-2/h3-7,16-20,26H,1,8-13H2,2H3,(H2,22,23,27)/t16-,17+,18-,19-,20+/m0/s1. The van der Waals surface area contributed by atoms with Crippen molar-refractivity contribution in [1.82, 2.24) is 15.5 Å². The molecule has 9 nitrogen and oxygen atoms in total. The molecule has 4 rings (SSSR count). The lowest BCUT2D eigenvalue weighted by molar-refractivity contribution is -0.181. The number of piperazine rings is 1. The van der Waals surface area contributed by atoms with Crippen LogP contribution in [0.4, 0.5) is 10.5 Å². The number of aliphatic hydroxyl groups is 1. The van der Waals surface area contributed by atoms with Crippen molar-refractivity contribution in [2.75, 3.05) is 51.3 Å². The zero-order chi connectivity index (χ0) is 21.1. The second-order valence-electron chi connectivity index (χ2n) is 7.72. The number of carbonyl (C=O) groups excluding carboxylic acids is 1. The Labute approximate surface area is 176 Å². The number of methoxy groups -OCH3 is 1. The van der Waals surface area contributed by atoms with E-state index in [0.29, 0.717) is 13.2 Å². The SMILES string of the molecule is C=CCNC(=O)N[C@H]1[C@H](O)[C@H](N2CCN(c3ccccc3OC)CC2)[C@@H]2OC[C@@H]1O2. The maximum atomic E-state index is 12.1. The van der Waals surface area contributed by atoms with Crippen LogP contribution in [0.25, 0.3) is 0 Å². The molecule has 0 aromatic heterocycles. The van der Waals surface area contributed by atoms with Gasteiger partial charge in [0.2, 0.25) is 0 Å². The molecule has 0 unspecified atom stereocenters. The molecule has 164 valence electrons. The minimum atomic E-state index is -0.788. The highest BCUT2D eigenvalue weighted by molar-refractivity contribution is 5.74. The van der Waals surface area contributed by atoms with Crippen LogP contribution in [0.2, 0.25) is 0 Å². The van der Waals surface area contributed by atoms with Crippen LogP contribution in [0.15, 0.2) is 36.9 Å². The average molecular weight is 418 g/mol. The lowest BCUT2D eigenvalue weighted by atomic mass is 9.94. The number of fused-ring (bicyclic) bond motifs is 2. The van der Waals surface area contributed by atoms with Crippen LogP contribution in [-0.2, 0) is 9.47 Å². The fourth-order valence-corrected chi connectivity index (χ4v) is 4.49. The average Bonchev–Trinajstić information content (AvgIpc) is 3.21. The molecule has 5 atom stereocenters. The van der Waals surface area contributed by atoms with E-state index in [-0.39, 0.29) is 18.2 Å². The summed E-state index contributed by atoms with van der Waals surface area (Å²) >= 11 is 0. The highest BCUT2D eigenvalue weighted by atomic mass is 16.7. The number of carbonyl (C=O) groups is 1. The van der Waals surface area contributed by atoms with Crippen molar-refractivity contribution in [1.29, 1.82) is 0 Å². The molecule has 1 aromatic rings. The zero-order valence-electron chi connectivity index (χ0n) is 17.2. The first-order valence-electron chi connectivity index (χ1n) is 10.3. The van der Waals surface area contributed by atoms with Gasteiger partial charge in [0.15, 0.2) is 6.29 Å². The monoisotopic (exact) mass is 418 g/mol. The Kier molecular flexibility index (Phi) is 6.43. The molecule has 2 bridgehead atoms. The van der Waals surface area contributed by atoms with Crippen LogP contribution < -0.4 is 20.3 Å². The summed E-state index contributed by atoms with van der Waals surface area (Å²) in [5.74, 6) is 0.851. The molecule has 9 heteroatoms. The first-order valence-corrected chi connectivity index (χ1v) is 10.3. The third kappa shape index (κ3) is 4.11. The van der Waals surface area contributed by atoms with Crippen LogP contribution in [0, 0.1) is 0 Å². The maximum absolute atomic E-state index is 12.1. The largest absolute Gasteiger partial charge is 0.495 e. The highest BCUT2D eigenvalue weighted by Crippen LogP contribution is 2.33. The Balaban J connectivity index is 1.41. The minimum absolute atomic E-state index is 0.340. The second kappa shape index (κ2) is 9.22. The summed E-state index contributed by atoms with van der Waals surface area (Å²) in [6.07, 6.45) is -0.0298. The van der Waals surface area contributed by atoms with E-state index in [1.54, 1.807) is 13.2 Å². The maximum Gasteiger partial charge on any atom is 0.315 e. The number of amides is 2. The molecule has 30 heavy (non-hydrogen) atoms. The molecule has 2 amide bonds. The molecule has 1 aromatic carbocycles. The second-order valence-corrected chi connectivity index (χ2v) is 7.72. The van der Waals surface area contributed by atoms with Gasteiger partial charge in [0.1, 0.15) is 11.9 Å². The lowest BCUT2D eigenvalue weighted by Gasteiger charge is -2.47. The van der Waals surface area contributed by atoms with Gasteiger partial charge < -0.3 is 34.9 Å². The van der Waals surface area contributed by atoms with Gasteiger partial charge in [0.25, 0.3) is 0 Å². The smallest absolute Gasteiger partial charge is 0.315 e. The Hall–Kier alpha value is -2.33. The number of aliphatic hydroxyl groups excluding tert-OH is 1. The Morgan fingerprint density at radius 3 is 2.83 bits per heavy atom. The van der Waals surface area contributed by atoms with Crippen molar-refractivity contribution >= 4 is 11.7 Å². The molecule has 0 saturated carbocycles. The molecule has 3 aliphatic rings. The van der Waals surface area contributed by atoms with E-state index in [1.165, 1.54) is 0 Å². The van der Waals surface area contributed by atoms with Crippen LogP contribution in [0.1, 0.15) is 0 Å². The summed E-state index contributed by atoms with van der Waals surface area (Å²) in [5, 5.41) is 16.6. The first-order chi connectivity index (χ1) is 14.6. The van der Waals surface area contributed by atoms with Crippen LogP contribution in [-0.4, -0.2) is 93.1 Å². The van der Waals surface area contributed by atoms with E-state index in [9.17, 15) is 9.90 Å². The number of anilines is 1. The normalized spacial score (nSPS) is 31.3. The van der Waals surface area contributed by atoms with Crippen LogP contribution >= 0.6 is 0 Å². The van der Waals surface area contributed by atoms with E-state index in [4.69, 9.17) is 14.2 Å². The number of nitrogens with one attached hydrogen (secondary N) is 2. The number of hydrogen-bond donors (Lipinski definition) is 3. The van der Waals surface area contributed by atoms with Crippen LogP contribution in [0.5, 0.6) is 5.75 Å². The molecule has 3 fully saturated rings. The van der Waals surface area contributed by atoms with E-state index in [1.807, 2.05) is 18.2 Å². The number of para-hydroxylation sites is 2. The summed E-state index contributed by atoms with van der Waals surface area (Å²) in [6.45, 7) is 7.35. The molecule has 3 saturated heterocycles. The van der Waals surface area contributed by atoms with E-state index in [0.717, 1.165) is 37.6 Å². The summed E-state index contributed by atoms with van der Waals surface area (Å²) < 4.78 is 17.3. The van der Waals surface area contributed by atoms with Crippen molar-refractivity contribution in [2.45, 2.75) is 30.6 Å². The van der Waals surface area contributed by atoms with Gasteiger partial charge >= 0.3 is 6.03 Å². The van der Waals surface area contributed by atoms with Crippen LogP contribution in [0.3, 0.4) is 0 Å². The van der Waals surface area contributed by atoms with Gasteiger partial charge in [-0.05, 0) is 12.1 Å². The van der Waals surface area contributed by atoms with E-state index < -0.39 is 18.4 Å². The summed E-state index contributed by atoms with van der Waals surface area (Å²) in [4.78, 5) is 16.6. The fraction of sp³-hybridized carbons (Fsp3) is 0.571. The summed E-state index contributed by atoms with van der Waals surface area (Å²) in [5.41, 5.74) is 1.07. The molecule has 3 N–H and O–H groups in total. The number of rotatable bonds is 6. The van der Waals surface area contributed by atoms with Gasteiger partial charge in [0, 0.05) is 32.7 Å². The molecular formula is C21H30N4O5. The van der Waals surface area contributed by atoms with Crippen molar-refractivity contribution in [3.8, 4) is 5.75 Å². The number of ether oxygens (including phenoxy) is 3. The van der Waals surface area contributed by atoms with Gasteiger partial charge in [-0.1, -0.05) is 18.2 Å². The molecule has 0 radical (unpaired) electrons. The van der Waals surface area contributed by atoms with Crippen molar-refractivity contribution in [3.63, 3.8) is 0 Å². The third-order valence-corrected chi connectivity index (χ3v) is 6.00. The fourth-order valence-electron chi connectivity index (χ4n) is 4.49. The number of urea groups is 1. The zero-order valence-corrected chi connectivity index (χ0v) is 17.2. The Morgan fingerprint density at radius 2 is 2.10 bits per heavy atom. The van der Waals surface area contributed by atoms with Crippen molar-refractivity contribution in [2.24, 2.45) is 0 Å². The quantitative estimate of drug-likeness (QED) is 0.567. The molecular weight excluding hydrogens is 388 g/mol. The third-order valence-electron chi connectivity index (χ3n) is 6.00. The molecule has 3 heterocycles. The van der Waals surface area contributed by atoms with Crippen molar-refractivity contribution in [3.05, 3.63) is 36.9 Å². The Bertz CT molecular complexity index is 755.